The molecule has 2 unspecified atom stereocenters. The summed E-state index contributed by atoms with van der Waals surface area (Å²) in [6.45, 7) is 3.39. The van der Waals surface area contributed by atoms with Gasteiger partial charge in [0.2, 0.25) is 11.8 Å². The number of rotatable bonds is 4. The highest BCUT2D eigenvalue weighted by molar-refractivity contribution is 6.07. The van der Waals surface area contributed by atoms with Crippen LogP contribution in [-0.4, -0.2) is 30.3 Å². The lowest BCUT2D eigenvalue weighted by Gasteiger charge is -2.22. The fourth-order valence-electron chi connectivity index (χ4n) is 3.85. The van der Waals surface area contributed by atoms with E-state index in [0.29, 0.717) is 11.3 Å². The van der Waals surface area contributed by atoms with Crippen molar-refractivity contribution < 1.29 is 23.6 Å². The molecule has 5 amide bonds. The van der Waals surface area contributed by atoms with E-state index in [1.165, 1.54) is 17.0 Å². The van der Waals surface area contributed by atoms with E-state index in [2.05, 4.69) is 16.0 Å². The van der Waals surface area contributed by atoms with Crippen LogP contribution in [0.25, 0.3) is 0 Å². The maximum atomic E-state index is 14.3. The number of nitrogens with zero attached hydrogens (tertiary/aromatic N) is 1. The lowest BCUT2D eigenvalue weighted by Crippen LogP contribution is -2.40. The molecule has 0 radical (unpaired) electrons. The Hall–Kier alpha value is -3.75. The molecule has 2 atom stereocenters. The molecular weight excluding hydrogens is 403 g/mol. The Morgan fingerprint density at radius 1 is 1.19 bits per heavy atom. The normalized spacial score (nSPS) is 23.0. The van der Waals surface area contributed by atoms with Gasteiger partial charge in [-0.1, -0.05) is 18.2 Å². The van der Waals surface area contributed by atoms with Gasteiger partial charge in [-0.05, 0) is 49.2 Å². The molecule has 0 spiro atoms. The molecule has 0 aliphatic carbocycles. The van der Waals surface area contributed by atoms with Gasteiger partial charge in [0, 0.05) is 18.7 Å². The highest BCUT2D eigenvalue weighted by Crippen LogP contribution is 2.30. The van der Waals surface area contributed by atoms with Crippen molar-refractivity contribution in [1.29, 1.82) is 0 Å². The lowest BCUT2D eigenvalue weighted by atomic mass is 9.92. The third-order valence-corrected chi connectivity index (χ3v) is 5.64. The fourth-order valence-corrected chi connectivity index (χ4v) is 3.85. The summed E-state index contributed by atoms with van der Waals surface area (Å²) in [4.78, 5) is 50.1. The smallest absolute Gasteiger partial charge is 0.322 e. The molecule has 8 nitrogen and oxygen atoms in total. The molecule has 2 aromatic carbocycles. The number of carbonyl (C=O) groups excluding carboxylic acids is 4. The Kier molecular flexibility index (Phi) is 4.96. The number of anilines is 2. The molecule has 31 heavy (non-hydrogen) atoms. The van der Waals surface area contributed by atoms with Crippen LogP contribution in [-0.2, 0) is 19.9 Å². The van der Waals surface area contributed by atoms with Crippen LogP contribution in [0.4, 0.5) is 20.6 Å². The van der Waals surface area contributed by atoms with Crippen LogP contribution in [0.3, 0.4) is 0 Å². The first-order chi connectivity index (χ1) is 14.7. The van der Waals surface area contributed by atoms with Crippen LogP contribution in [0.2, 0.25) is 0 Å². The van der Waals surface area contributed by atoms with Crippen molar-refractivity contribution in [2.45, 2.75) is 25.8 Å². The van der Waals surface area contributed by atoms with Crippen molar-refractivity contribution in [3.63, 3.8) is 0 Å². The van der Waals surface area contributed by atoms with Gasteiger partial charge in [-0.25, -0.2) is 9.18 Å². The molecule has 160 valence electrons. The van der Waals surface area contributed by atoms with Crippen LogP contribution in [0.5, 0.6) is 0 Å². The van der Waals surface area contributed by atoms with E-state index in [1.807, 2.05) is 0 Å². The van der Waals surface area contributed by atoms with Crippen LogP contribution in [0.1, 0.15) is 24.5 Å². The minimum atomic E-state index is -1.25. The highest BCUT2D eigenvalue weighted by atomic mass is 19.1. The molecule has 2 aliphatic heterocycles. The van der Waals surface area contributed by atoms with Gasteiger partial charge in [-0.15, -0.1) is 0 Å². The first-order valence-electron chi connectivity index (χ1n) is 9.79. The van der Waals surface area contributed by atoms with Crippen molar-refractivity contribution in [1.82, 2.24) is 10.6 Å². The summed E-state index contributed by atoms with van der Waals surface area (Å²) < 4.78 is 14.3. The van der Waals surface area contributed by atoms with Crippen molar-refractivity contribution in [2.24, 2.45) is 5.92 Å². The van der Waals surface area contributed by atoms with Crippen molar-refractivity contribution in [3.8, 4) is 0 Å². The van der Waals surface area contributed by atoms with Gasteiger partial charge in [0.05, 0.1) is 11.6 Å². The predicted octanol–water partition coefficient (Wildman–Crippen LogP) is 2.18. The summed E-state index contributed by atoms with van der Waals surface area (Å²) >= 11 is 0. The molecular formula is C22H21FN4O4. The molecule has 0 saturated carbocycles. The average Bonchev–Trinajstić information content (AvgIpc) is 3.21. The molecule has 4 rings (SSSR count). The zero-order valence-electron chi connectivity index (χ0n) is 17.0. The van der Waals surface area contributed by atoms with Gasteiger partial charge in [0.1, 0.15) is 11.4 Å². The Balaban J connectivity index is 1.49. The first kappa shape index (κ1) is 20.5. The molecule has 2 aromatic rings. The predicted molar refractivity (Wildman–Crippen MR) is 111 cm³/mol. The molecule has 2 heterocycles. The lowest BCUT2D eigenvalue weighted by molar-refractivity contribution is -0.123. The number of amides is 5. The largest absolute Gasteiger partial charge is 0.326 e. The number of benzene rings is 2. The molecule has 2 fully saturated rings. The van der Waals surface area contributed by atoms with E-state index < -0.39 is 29.2 Å². The van der Waals surface area contributed by atoms with E-state index >= 15 is 0 Å². The van der Waals surface area contributed by atoms with Gasteiger partial charge in [0.15, 0.2) is 0 Å². The average molecular weight is 424 g/mol. The van der Waals surface area contributed by atoms with Gasteiger partial charge < -0.3 is 15.5 Å². The van der Waals surface area contributed by atoms with Gasteiger partial charge in [0.25, 0.3) is 5.91 Å². The monoisotopic (exact) mass is 424 g/mol. The van der Waals surface area contributed by atoms with Crippen molar-refractivity contribution in [2.75, 3.05) is 16.8 Å². The van der Waals surface area contributed by atoms with Crippen molar-refractivity contribution in [3.05, 3.63) is 59.4 Å². The number of nitrogens with one attached hydrogen (secondary N) is 3. The first-order valence-corrected chi connectivity index (χ1v) is 9.79. The number of hydrogen-bond donors (Lipinski definition) is 3. The molecule has 0 aromatic heterocycles. The summed E-state index contributed by atoms with van der Waals surface area (Å²) in [5, 5.41) is 7.52. The third-order valence-electron chi connectivity index (χ3n) is 5.64. The topological polar surface area (TPSA) is 108 Å². The summed E-state index contributed by atoms with van der Waals surface area (Å²) in [5.74, 6) is -2.35. The number of halogens is 1. The Bertz CT molecular complexity index is 1120. The van der Waals surface area contributed by atoms with Crippen LogP contribution in [0.15, 0.2) is 42.5 Å². The molecule has 9 heteroatoms. The van der Waals surface area contributed by atoms with E-state index in [-0.39, 0.29) is 30.5 Å². The summed E-state index contributed by atoms with van der Waals surface area (Å²) in [6.07, 6.45) is -0.0327. The second kappa shape index (κ2) is 7.50. The quantitative estimate of drug-likeness (QED) is 0.654. The number of hydrogen-bond acceptors (Lipinski definition) is 4. The Morgan fingerprint density at radius 3 is 2.65 bits per heavy atom. The number of imide groups is 1. The summed E-state index contributed by atoms with van der Waals surface area (Å²) in [6, 6.07) is 10.6. The fraction of sp³-hybridized carbons (Fsp3) is 0.273. The van der Waals surface area contributed by atoms with Crippen molar-refractivity contribution >= 4 is 35.1 Å². The molecule has 2 saturated heterocycles. The van der Waals surface area contributed by atoms with Crippen LogP contribution >= 0.6 is 0 Å². The van der Waals surface area contributed by atoms with E-state index in [4.69, 9.17) is 0 Å². The Morgan fingerprint density at radius 2 is 1.97 bits per heavy atom. The second-order valence-electron chi connectivity index (χ2n) is 7.96. The molecule has 2 aliphatic rings. The van der Waals surface area contributed by atoms with E-state index in [0.717, 1.165) is 5.56 Å². The number of aryl methyl sites for hydroxylation is 1. The molecule has 0 bridgehead atoms. The summed E-state index contributed by atoms with van der Waals surface area (Å²) in [5.41, 5.74) is 0.567. The standard InChI is InChI=1S/C22H21FN4O4/c1-12-6-7-17(16(23)8-12)27-11-13(9-18(27)28)19(29)24-15-5-3-4-14(10-15)22(2)20(30)25-21(31)26-22/h3-8,10,13H,9,11H2,1-2H3,(H,24,29)(H2,25,26,30,31). The van der Waals surface area contributed by atoms with Gasteiger partial charge in [-0.2, -0.15) is 0 Å². The Labute approximate surface area is 177 Å². The second-order valence-corrected chi connectivity index (χ2v) is 7.96. The van der Waals surface area contributed by atoms with Crippen LogP contribution < -0.4 is 20.9 Å². The van der Waals surface area contributed by atoms with E-state index in [1.54, 1.807) is 44.2 Å². The SMILES string of the molecule is Cc1ccc(N2CC(C(=O)Nc3cccc(C4(C)NC(=O)NC4=O)c3)CC2=O)c(F)c1. The minimum Gasteiger partial charge on any atom is -0.326 e. The zero-order valence-corrected chi connectivity index (χ0v) is 17.0. The maximum absolute atomic E-state index is 14.3. The maximum Gasteiger partial charge on any atom is 0.322 e. The third kappa shape index (κ3) is 3.74. The summed E-state index contributed by atoms with van der Waals surface area (Å²) in [7, 11) is 0. The number of urea groups is 1. The van der Waals surface area contributed by atoms with Gasteiger partial charge in [-0.3, -0.25) is 19.7 Å². The van der Waals surface area contributed by atoms with E-state index in [9.17, 15) is 23.6 Å². The highest BCUT2D eigenvalue weighted by Gasteiger charge is 2.43. The number of carbonyl (C=O) groups is 4. The van der Waals surface area contributed by atoms with Crippen LogP contribution in [0, 0.1) is 18.7 Å². The molecule has 3 N–H and O–H groups in total. The minimum absolute atomic E-state index is 0.0327. The van der Waals surface area contributed by atoms with Gasteiger partial charge >= 0.3 is 6.03 Å². The zero-order chi connectivity index (χ0) is 22.3.